The Kier molecular flexibility index (Phi) is 4.83. The number of rotatable bonds is 2. The van der Waals surface area contributed by atoms with E-state index in [0.717, 1.165) is 51.6 Å². The predicted molar refractivity (Wildman–Crippen MR) is 97.3 cm³/mol. The summed E-state index contributed by atoms with van der Waals surface area (Å²) in [4.78, 5) is 17.8. The number of benzene rings is 1. The van der Waals surface area contributed by atoms with Crippen molar-refractivity contribution in [3.8, 4) is 0 Å². The van der Waals surface area contributed by atoms with E-state index in [9.17, 15) is 4.79 Å². The summed E-state index contributed by atoms with van der Waals surface area (Å²) in [5.74, 6) is 1.90. The van der Waals surface area contributed by atoms with Gasteiger partial charge in [0.25, 0.3) is 0 Å². The van der Waals surface area contributed by atoms with E-state index in [-0.39, 0.29) is 5.25 Å². The largest absolute Gasteiger partial charge is 0.379 e. The second-order valence-corrected chi connectivity index (χ2v) is 8.35. The Morgan fingerprint density at radius 2 is 2.00 bits per heavy atom. The molecule has 0 bridgehead atoms. The average Bonchev–Trinajstić information content (AvgIpc) is 3.03. The number of nitrogens with zero attached hydrogens (tertiary/aromatic N) is 2. The summed E-state index contributed by atoms with van der Waals surface area (Å²) < 4.78 is 5.48. The molecule has 0 aliphatic carbocycles. The van der Waals surface area contributed by atoms with E-state index >= 15 is 0 Å². The zero-order valence-electron chi connectivity index (χ0n) is 14.3. The van der Waals surface area contributed by atoms with E-state index < -0.39 is 0 Å². The fraction of sp³-hybridized carbons (Fsp3) is 0.632. The van der Waals surface area contributed by atoms with Crippen molar-refractivity contribution >= 4 is 17.7 Å². The first-order valence-corrected chi connectivity index (χ1v) is 10.1. The average molecular weight is 346 g/mol. The Hall–Kier alpha value is -1.04. The predicted octanol–water partition coefficient (Wildman–Crippen LogP) is 2.20. The molecule has 0 saturated carbocycles. The molecule has 3 aliphatic heterocycles. The number of likely N-dealkylation sites (tertiary alicyclic amines) is 1. The molecule has 130 valence electrons. The molecule has 4 nitrogen and oxygen atoms in total. The Bertz CT molecular complexity index is 603. The van der Waals surface area contributed by atoms with Crippen LogP contribution in [0.5, 0.6) is 0 Å². The van der Waals surface area contributed by atoms with Gasteiger partial charge in [-0.1, -0.05) is 31.2 Å². The number of carbonyl (C=O) groups is 1. The molecule has 1 aromatic rings. The fourth-order valence-electron chi connectivity index (χ4n) is 4.28. The molecule has 0 unspecified atom stereocenters. The van der Waals surface area contributed by atoms with Crippen molar-refractivity contribution in [2.45, 2.75) is 24.6 Å². The van der Waals surface area contributed by atoms with E-state index in [2.05, 4.69) is 41.0 Å². The maximum Gasteiger partial charge on any atom is 0.240 e. The smallest absolute Gasteiger partial charge is 0.240 e. The van der Waals surface area contributed by atoms with Gasteiger partial charge in [0.1, 0.15) is 5.25 Å². The van der Waals surface area contributed by atoms with Gasteiger partial charge in [0, 0.05) is 32.2 Å². The first kappa shape index (κ1) is 16.4. The Morgan fingerprint density at radius 3 is 2.83 bits per heavy atom. The van der Waals surface area contributed by atoms with E-state index in [1.54, 1.807) is 0 Å². The molecule has 1 amide bonds. The number of hydrogen-bond acceptors (Lipinski definition) is 4. The Labute approximate surface area is 148 Å². The molecule has 3 atom stereocenters. The number of thioether (sulfide) groups is 1. The molecular formula is C19H26N2O2S. The number of fused-ring (bicyclic) bond motifs is 1. The van der Waals surface area contributed by atoms with Crippen LogP contribution in [0, 0.1) is 5.92 Å². The molecular weight excluding hydrogens is 320 g/mol. The first-order chi connectivity index (χ1) is 11.7. The number of carbonyl (C=O) groups excluding carboxylic acids is 1. The van der Waals surface area contributed by atoms with Gasteiger partial charge in [0.15, 0.2) is 0 Å². The molecule has 3 aliphatic rings. The highest BCUT2D eigenvalue weighted by Gasteiger charge is 2.39. The molecule has 1 aromatic carbocycles. The van der Waals surface area contributed by atoms with Gasteiger partial charge in [-0.2, -0.15) is 0 Å². The van der Waals surface area contributed by atoms with Gasteiger partial charge in [-0.3, -0.25) is 9.69 Å². The number of amides is 1. The lowest BCUT2D eigenvalue weighted by Gasteiger charge is -2.34. The summed E-state index contributed by atoms with van der Waals surface area (Å²) in [6.45, 7) is 7.69. The van der Waals surface area contributed by atoms with Crippen molar-refractivity contribution in [3.63, 3.8) is 0 Å². The summed E-state index contributed by atoms with van der Waals surface area (Å²) in [5.41, 5.74) is 2.59. The van der Waals surface area contributed by atoms with Crippen LogP contribution >= 0.6 is 11.8 Å². The van der Waals surface area contributed by atoms with Crippen molar-refractivity contribution in [1.29, 1.82) is 0 Å². The van der Waals surface area contributed by atoms with Crippen molar-refractivity contribution in [3.05, 3.63) is 35.4 Å². The molecule has 2 saturated heterocycles. The van der Waals surface area contributed by atoms with Gasteiger partial charge in [0.2, 0.25) is 5.91 Å². The first-order valence-electron chi connectivity index (χ1n) is 9.04. The molecule has 5 heteroatoms. The summed E-state index contributed by atoms with van der Waals surface area (Å²) in [5, 5.41) is -0.00871. The van der Waals surface area contributed by atoms with Gasteiger partial charge in [0.05, 0.1) is 13.2 Å². The Morgan fingerprint density at radius 1 is 1.21 bits per heavy atom. The third kappa shape index (κ3) is 3.09. The minimum absolute atomic E-state index is 0.00871. The van der Waals surface area contributed by atoms with Crippen LogP contribution in [0.15, 0.2) is 24.3 Å². The maximum atomic E-state index is 13.2. The molecule has 2 fully saturated rings. The zero-order chi connectivity index (χ0) is 16.5. The number of ether oxygens (including phenoxy) is 1. The molecule has 0 N–H and O–H groups in total. The van der Waals surface area contributed by atoms with E-state index in [1.807, 2.05) is 11.8 Å². The number of aryl methyl sites for hydroxylation is 1. The van der Waals surface area contributed by atoms with Crippen molar-refractivity contribution < 1.29 is 9.53 Å². The summed E-state index contributed by atoms with van der Waals surface area (Å²) in [6, 6.07) is 8.96. The minimum Gasteiger partial charge on any atom is -0.379 e. The van der Waals surface area contributed by atoms with Crippen LogP contribution in [0.2, 0.25) is 0 Å². The third-order valence-electron chi connectivity index (χ3n) is 5.62. The zero-order valence-corrected chi connectivity index (χ0v) is 15.1. The molecule has 0 spiro atoms. The fourth-order valence-corrected chi connectivity index (χ4v) is 5.55. The highest BCUT2D eigenvalue weighted by atomic mass is 32.2. The van der Waals surface area contributed by atoms with Crippen molar-refractivity contribution in [1.82, 2.24) is 9.80 Å². The second-order valence-electron chi connectivity index (χ2n) is 7.14. The van der Waals surface area contributed by atoms with Crippen LogP contribution in [-0.4, -0.2) is 66.9 Å². The number of morpholine rings is 1. The van der Waals surface area contributed by atoms with Gasteiger partial charge in [-0.25, -0.2) is 0 Å². The van der Waals surface area contributed by atoms with Crippen LogP contribution < -0.4 is 0 Å². The topological polar surface area (TPSA) is 32.8 Å². The minimum atomic E-state index is -0.00871. The molecule has 0 radical (unpaired) electrons. The Balaban J connectivity index is 1.48. The van der Waals surface area contributed by atoms with Crippen LogP contribution in [-0.2, 0) is 16.0 Å². The monoisotopic (exact) mass is 346 g/mol. The lowest BCUT2D eigenvalue weighted by atomic mass is 10.0. The third-order valence-corrected chi connectivity index (χ3v) is 6.85. The standard InChI is InChI=1S/C19H26N2O2S/c1-14-12-21(13-17(14)20-7-9-23-10-8-20)19(22)18-16-5-3-2-4-15(16)6-11-24-18/h2-5,14,17-18H,6-13H2,1H3/t14-,17-,18-/m1/s1. The molecule has 24 heavy (non-hydrogen) atoms. The number of hydrogen-bond donors (Lipinski definition) is 0. The van der Waals surface area contributed by atoms with Crippen LogP contribution in [0.3, 0.4) is 0 Å². The highest BCUT2D eigenvalue weighted by Crippen LogP contribution is 2.39. The lowest BCUT2D eigenvalue weighted by Crippen LogP contribution is -2.47. The van der Waals surface area contributed by atoms with Crippen LogP contribution in [0.1, 0.15) is 23.3 Å². The molecule has 3 heterocycles. The SMILES string of the molecule is C[C@@H]1CN(C(=O)[C@@H]2SCCc3ccccc32)C[C@H]1N1CCOCC1. The molecule has 0 aromatic heterocycles. The van der Waals surface area contributed by atoms with Gasteiger partial charge < -0.3 is 9.64 Å². The quantitative estimate of drug-likeness (QED) is 0.822. The summed E-state index contributed by atoms with van der Waals surface area (Å²) in [7, 11) is 0. The summed E-state index contributed by atoms with van der Waals surface area (Å²) in [6.07, 6.45) is 1.08. The van der Waals surface area contributed by atoms with Gasteiger partial charge in [-0.05, 0) is 29.2 Å². The maximum absolute atomic E-state index is 13.2. The van der Waals surface area contributed by atoms with Crippen molar-refractivity contribution in [2.75, 3.05) is 45.1 Å². The van der Waals surface area contributed by atoms with E-state index in [4.69, 9.17) is 4.74 Å². The van der Waals surface area contributed by atoms with Gasteiger partial charge in [-0.15, -0.1) is 11.8 Å². The van der Waals surface area contributed by atoms with Crippen LogP contribution in [0.4, 0.5) is 0 Å². The highest BCUT2D eigenvalue weighted by molar-refractivity contribution is 8.00. The second kappa shape index (κ2) is 7.06. The van der Waals surface area contributed by atoms with Crippen LogP contribution in [0.25, 0.3) is 0 Å². The summed E-state index contributed by atoms with van der Waals surface area (Å²) >= 11 is 1.81. The molecule has 4 rings (SSSR count). The van der Waals surface area contributed by atoms with Crippen molar-refractivity contribution in [2.24, 2.45) is 5.92 Å². The van der Waals surface area contributed by atoms with E-state index in [1.165, 1.54) is 11.1 Å². The normalized spacial score (nSPS) is 31.0. The van der Waals surface area contributed by atoms with Gasteiger partial charge >= 0.3 is 0 Å². The lowest BCUT2D eigenvalue weighted by molar-refractivity contribution is -0.130. The van der Waals surface area contributed by atoms with E-state index in [0.29, 0.717) is 17.9 Å².